The van der Waals surface area contributed by atoms with Gasteiger partial charge in [-0.2, -0.15) is 0 Å². The molecule has 0 heterocycles. The SMILES string of the molecule is CNCC12CC3CC(C1)CC(c1ccc(Br)cc1)(C3)C2. The summed E-state index contributed by atoms with van der Waals surface area (Å²) in [6.45, 7) is 1.22. The lowest BCUT2D eigenvalue weighted by Gasteiger charge is -2.62. The van der Waals surface area contributed by atoms with Crippen molar-refractivity contribution < 1.29 is 0 Å². The normalized spacial score (nSPS) is 42.1. The van der Waals surface area contributed by atoms with Crippen LogP contribution in [0.4, 0.5) is 0 Å². The van der Waals surface area contributed by atoms with E-state index in [0.29, 0.717) is 10.8 Å². The molecule has 4 aliphatic rings. The number of hydrogen-bond donors (Lipinski definition) is 1. The van der Waals surface area contributed by atoms with Crippen LogP contribution in [0.3, 0.4) is 0 Å². The summed E-state index contributed by atoms with van der Waals surface area (Å²) in [6.07, 6.45) is 8.75. The maximum atomic E-state index is 3.58. The van der Waals surface area contributed by atoms with Gasteiger partial charge >= 0.3 is 0 Å². The first-order chi connectivity index (χ1) is 9.63. The maximum absolute atomic E-state index is 3.58. The van der Waals surface area contributed by atoms with Gasteiger partial charge in [0.2, 0.25) is 0 Å². The summed E-state index contributed by atoms with van der Waals surface area (Å²) < 4.78 is 1.20. The van der Waals surface area contributed by atoms with Crippen molar-refractivity contribution in [1.29, 1.82) is 0 Å². The molecule has 4 saturated carbocycles. The lowest BCUT2D eigenvalue weighted by atomic mass is 9.43. The van der Waals surface area contributed by atoms with Crippen LogP contribution in [0.15, 0.2) is 28.7 Å². The molecule has 5 rings (SSSR count). The van der Waals surface area contributed by atoms with E-state index in [1.165, 1.54) is 49.5 Å². The minimum atomic E-state index is 0.488. The first-order valence-electron chi connectivity index (χ1n) is 8.04. The van der Waals surface area contributed by atoms with Crippen LogP contribution < -0.4 is 5.32 Å². The third-order valence-corrected chi connectivity index (χ3v) is 6.72. The van der Waals surface area contributed by atoms with Crippen molar-refractivity contribution >= 4 is 15.9 Å². The molecule has 2 heteroatoms. The van der Waals surface area contributed by atoms with Crippen molar-refractivity contribution in [3.8, 4) is 0 Å². The number of nitrogens with one attached hydrogen (secondary N) is 1. The molecule has 1 nitrogen and oxygen atoms in total. The molecule has 4 aliphatic carbocycles. The molecular weight excluding hydrogens is 310 g/mol. The fourth-order valence-corrected chi connectivity index (χ4v) is 6.44. The average molecular weight is 334 g/mol. The van der Waals surface area contributed by atoms with Gasteiger partial charge in [-0.3, -0.25) is 0 Å². The van der Waals surface area contributed by atoms with Crippen LogP contribution in [0.25, 0.3) is 0 Å². The molecule has 1 aromatic carbocycles. The van der Waals surface area contributed by atoms with E-state index < -0.39 is 0 Å². The molecule has 108 valence electrons. The van der Waals surface area contributed by atoms with E-state index in [-0.39, 0.29) is 0 Å². The fraction of sp³-hybridized carbons (Fsp3) is 0.667. The third-order valence-electron chi connectivity index (χ3n) is 6.19. The van der Waals surface area contributed by atoms with Crippen LogP contribution in [-0.4, -0.2) is 13.6 Å². The van der Waals surface area contributed by atoms with Crippen molar-refractivity contribution in [2.45, 2.75) is 43.9 Å². The van der Waals surface area contributed by atoms with Crippen molar-refractivity contribution in [2.24, 2.45) is 17.3 Å². The van der Waals surface area contributed by atoms with Gasteiger partial charge in [0.25, 0.3) is 0 Å². The molecule has 20 heavy (non-hydrogen) atoms. The largest absolute Gasteiger partial charge is 0.319 e. The second kappa shape index (κ2) is 4.58. The van der Waals surface area contributed by atoms with E-state index >= 15 is 0 Å². The van der Waals surface area contributed by atoms with Gasteiger partial charge in [0.05, 0.1) is 0 Å². The average Bonchev–Trinajstić information content (AvgIpc) is 2.37. The smallest absolute Gasteiger partial charge is 0.0175 e. The van der Waals surface area contributed by atoms with Crippen LogP contribution in [0.5, 0.6) is 0 Å². The molecule has 0 radical (unpaired) electrons. The fourth-order valence-electron chi connectivity index (χ4n) is 6.18. The minimum Gasteiger partial charge on any atom is -0.319 e. The van der Waals surface area contributed by atoms with Crippen LogP contribution in [0.2, 0.25) is 0 Å². The highest BCUT2D eigenvalue weighted by molar-refractivity contribution is 9.10. The first-order valence-corrected chi connectivity index (χ1v) is 8.83. The van der Waals surface area contributed by atoms with E-state index in [1.54, 1.807) is 5.56 Å². The van der Waals surface area contributed by atoms with Gasteiger partial charge in [-0.05, 0) is 85.9 Å². The molecule has 1 aromatic rings. The van der Waals surface area contributed by atoms with E-state index in [1.807, 2.05) is 0 Å². The third kappa shape index (κ3) is 1.99. The summed E-state index contributed by atoms with van der Waals surface area (Å²) in [5, 5.41) is 3.50. The van der Waals surface area contributed by atoms with E-state index in [4.69, 9.17) is 0 Å². The number of hydrogen-bond acceptors (Lipinski definition) is 1. The molecule has 0 saturated heterocycles. The van der Waals surface area contributed by atoms with Gasteiger partial charge in [-0.25, -0.2) is 0 Å². The van der Waals surface area contributed by atoms with Gasteiger partial charge in [0.1, 0.15) is 0 Å². The Hall–Kier alpha value is -0.340. The van der Waals surface area contributed by atoms with Gasteiger partial charge in [-0.15, -0.1) is 0 Å². The lowest BCUT2D eigenvalue weighted by Crippen LogP contribution is -2.56. The molecule has 0 spiro atoms. The quantitative estimate of drug-likeness (QED) is 0.858. The second-order valence-corrected chi connectivity index (χ2v) is 8.69. The number of halogens is 1. The molecule has 2 atom stereocenters. The highest BCUT2D eigenvalue weighted by Crippen LogP contribution is 2.65. The van der Waals surface area contributed by atoms with Gasteiger partial charge < -0.3 is 5.32 Å². The lowest BCUT2D eigenvalue weighted by molar-refractivity contribution is -0.0699. The van der Waals surface area contributed by atoms with Crippen molar-refractivity contribution in [3.63, 3.8) is 0 Å². The second-order valence-electron chi connectivity index (χ2n) is 7.78. The molecule has 2 unspecified atom stereocenters. The van der Waals surface area contributed by atoms with Gasteiger partial charge in [-0.1, -0.05) is 28.1 Å². The number of benzene rings is 1. The zero-order valence-corrected chi connectivity index (χ0v) is 13.9. The Morgan fingerprint density at radius 1 is 1.10 bits per heavy atom. The summed E-state index contributed by atoms with van der Waals surface area (Å²) in [4.78, 5) is 0. The van der Waals surface area contributed by atoms with Crippen LogP contribution >= 0.6 is 15.9 Å². The molecule has 0 amide bonds. The topological polar surface area (TPSA) is 12.0 Å². The van der Waals surface area contributed by atoms with E-state index in [0.717, 1.165) is 11.8 Å². The summed E-state index contributed by atoms with van der Waals surface area (Å²) >= 11 is 3.58. The van der Waals surface area contributed by atoms with Gasteiger partial charge in [0.15, 0.2) is 0 Å². The summed E-state index contributed by atoms with van der Waals surface area (Å²) in [7, 11) is 2.13. The summed E-state index contributed by atoms with van der Waals surface area (Å²) in [5.74, 6) is 1.96. The van der Waals surface area contributed by atoms with Crippen molar-refractivity contribution in [2.75, 3.05) is 13.6 Å². The van der Waals surface area contributed by atoms with Crippen LogP contribution in [0.1, 0.15) is 44.1 Å². The monoisotopic (exact) mass is 333 g/mol. The molecular formula is C18H24BrN. The highest BCUT2D eigenvalue weighted by Gasteiger charge is 2.57. The van der Waals surface area contributed by atoms with Crippen LogP contribution in [-0.2, 0) is 5.41 Å². The predicted octanol–water partition coefficient (Wildman–Crippen LogP) is 4.51. The summed E-state index contributed by atoms with van der Waals surface area (Å²) in [5.41, 5.74) is 2.68. The van der Waals surface area contributed by atoms with E-state index in [2.05, 4.69) is 52.6 Å². The Bertz CT molecular complexity index is 493. The summed E-state index contributed by atoms with van der Waals surface area (Å²) in [6, 6.07) is 9.23. The Kier molecular flexibility index (Phi) is 3.05. The Morgan fingerprint density at radius 2 is 1.75 bits per heavy atom. The molecule has 1 N–H and O–H groups in total. The standard InChI is InChI=1S/C18H24BrN/c1-20-12-17-7-13-6-14(8-17)10-18(9-13,11-17)15-2-4-16(19)5-3-15/h2-5,13-14,20H,6-12H2,1H3. The number of rotatable bonds is 3. The molecule has 4 bridgehead atoms. The highest BCUT2D eigenvalue weighted by atomic mass is 79.9. The Labute approximate surface area is 130 Å². The van der Waals surface area contributed by atoms with Gasteiger partial charge in [0, 0.05) is 11.0 Å². The molecule has 0 aliphatic heterocycles. The first kappa shape index (κ1) is 13.3. The van der Waals surface area contributed by atoms with Crippen molar-refractivity contribution in [3.05, 3.63) is 34.3 Å². The minimum absolute atomic E-state index is 0.488. The maximum Gasteiger partial charge on any atom is 0.0175 e. The van der Waals surface area contributed by atoms with Crippen LogP contribution in [0, 0.1) is 17.3 Å². The predicted molar refractivity (Wildman–Crippen MR) is 86.9 cm³/mol. The zero-order chi connectivity index (χ0) is 13.8. The molecule has 0 aromatic heterocycles. The Balaban J connectivity index is 1.73. The Morgan fingerprint density at radius 3 is 2.35 bits per heavy atom. The van der Waals surface area contributed by atoms with E-state index in [9.17, 15) is 0 Å². The zero-order valence-electron chi connectivity index (χ0n) is 12.3. The van der Waals surface area contributed by atoms with Crippen molar-refractivity contribution in [1.82, 2.24) is 5.32 Å². The molecule has 4 fully saturated rings.